The van der Waals surface area contributed by atoms with E-state index in [1.54, 1.807) is 0 Å². The molecule has 0 aromatic heterocycles. The molecule has 3 heteroatoms. The first-order valence-corrected chi connectivity index (χ1v) is 5.69. The van der Waals surface area contributed by atoms with Gasteiger partial charge in [0.25, 0.3) is 0 Å². The highest BCUT2D eigenvalue weighted by Gasteiger charge is 2.33. The molecule has 1 heterocycles. The molecule has 2 atom stereocenters. The highest BCUT2D eigenvalue weighted by atomic mass is 16.5. The molecule has 86 valence electrons. The van der Waals surface area contributed by atoms with Gasteiger partial charge in [0, 0.05) is 31.7 Å². The van der Waals surface area contributed by atoms with Crippen molar-refractivity contribution in [3.8, 4) is 11.8 Å². The predicted octanol–water partition coefficient (Wildman–Crippen LogP) is 0.886. The lowest BCUT2D eigenvalue weighted by atomic mass is 9.87. The molecule has 0 aromatic rings. The molecule has 1 aliphatic rings. The molecular weight excluding hydrogens is 188 g/mol. The Labute approximate surface area is 92.8 Å². The van der Waals surface area contributed by atoms with E-state index in [0.29, 0.717) is 12.6 Å². The number of ether oxygens (including phenoxy) is 1. The molecule has 1 fully saturated rings. The average Bonchev–Trinajstić information content (AvgIpc) is 2.25. The zero-order valence-electron chi connectivity index (χ0n) is 9.81. The minimum absolute atomic E-state index is 0.0765. The van der Waals surface area contributed by atoms with Crippen LogP contribution in [0.3, 0.4) is 0 Å². The van der Waals surface area contributed by atoms with Gasteiger partial charge in [0.1, 0.15) is 0 Å². The second-order valence-corrected chi connectivity index (χ2v) is 4.22. The summed E-state index contributed by atoms with van der Waals surface area (Å²) in [4.78, 5) is 0. The van der Waals surface area contributed by atoms with Crippen molar-refractivity contribution in [2.24, 2.45) is 5.73 Å². The van der Waals surface area contributed by atoms with Crippen molar-refractivity contribution < 1.29 is 4.74 Å². The molecule has 1 rings (SSSR count). The fraction of sp³-hybridized carbons (Fsp3) is 0.833. The quantitative estimate of drug-likeness (QED) is 0.535. The van der Waals surface area contributed by atoms with Gasteiger partial charge in [0.05, 0.1) is 6.10 Å². The van der Waals surface area contributed by atoms with E-state index in [1.807, 2.05) is 6.92 Å². The predicted molar refractivity (Wildman–Crippen MR) is 62.5 cm³/mol. The molecule has 2 unspecified atom stereocenters. The highest BCUT2D eigenvalue weighted by Crippen LogP contribution is 2.23. The number of nitrogens with one attached hydrogen (secondary N) is 1. The van der Waals surface area contributed by atoms with E-state index in [9.17, 15) is 0 Å². The van der Waals surface area contributed by atoms with E-state index in [0.717, 1.165) is 32.4 Å². The summed E-state index contributed by atoms with van der Waals surface area (Å²) in [6.07, 6.45) is 3.22. The molecule has 1 saturated heterocycles. The molecule has 15 heavy (non-hydrogen) atoms. The van der Waals surface area contributed by atoms with Crippen molar-refractivity contribution in [1.29, 1.82) is 0 Å². The molecule has 1 aliphatic heterocycles. The van der Waals surface area contributed by atoms with Gasteiger partial charge >= 0.3 is 0 Å². The van der Waals surface area contributed by atoms with Gasteiger partial charge in [0.15, 0.2) is 0 Å². The molecule has 3 nitrogen and oxygen atoms in total. The van der Waals surface area contributed by atoms with E-state index in [4.69, 9.17) is 10.5 Å². The Bertz CT molecular complexity index is 244. The molecule has 0 spiro atoms. The number of hydrogen-bond donors (Lipinski definition) is 2. The normalized spacial score (nSPS) is 30.7. The second-order valence-electron chi connectivity index (χ2n) is 4.22. The topological polar surface area (TPSA) is 47.3 Å². The van der Waals surface area contributed by atoms with Crippen LogP contribution in [0.4, 0.5) is 0 Å². The van der Waals surface area contributed by atoms with Crippen LogP contribution >= 0.6 is 0 Å². The third-order valence-corrected chi connectivity index (χ3v) is 2.98. The summed E-state index contributed by atoms with van der Waals surface area (Å²) >= 11 is 0. The van der Waals surface area contributed by atoms with Crippen LogP contribution in [-0.4, -0.2) is 31.3 Å². The van der Waals surface area contributed by atoms with Gasteiger partial charge in [-0.05, 0) is 26.7 Å². The van der Waals surface area contributed by atoms with E-state index in [2.05, 4.69) is 24.1 Å². The SMILES string of the molecule is CC#CCCNC1(CN)CCOC(C)C1. The average molecular weight is 210 g/mol. The lowest BCUT2D eigenvalue weighted by Crippen LogP contribution is -2.56. The first-order valence-electron chi connectivity index (χ1n) is 5.69. The molecule has 0 amide bonds. The number of hydrogen-bond acceptors (Lipinski definition) is 3. The van der Waals surface area contributed by atoms with Gasteiger partial charge in [-0.15, -0.1) is 11.8 Å². The Morgan fingerprint density at radius 1 is 1.60 bits per heavy atom. The van der Waals surface area contributed by atoms with Gasteiger partial charge in [-0.3, -0.25) is 0 Å². The van der Waals surface area contributed by atoms with Crippen molar-refractivity contribution in [2.45, 2.75) is 44.8 Å². The Morgan fingerprint density at radius 3 is 3.00 bits per heavy atom. The van der Waals surface area contributed by atoms with Crippen LogP contribution in [0.25, 0.3) is 0 Å². The maximum absolute atomic E-state index is 5.86. The summed E-state index contributed by atoms with van der Waals surface area (Å²) < 4.78 is 5.54. The summed E-state index contributed by atoms with van der Waals surface area (Å²) in [5.41, 5.74) is 5.94. The zero-order chi connectivity index (χ0) is 11.1. The molecule has 0 aromatic carbocycles. The maximum Gasteiger partial charge on any atom is 0.0565 e. The monoisotopic (exact) mass is 210 g/mol. The van der Waals surface area contributed by atoms with Crippen LogP contribution in [0.15, 0.2) is 0 Å². The summed E-state index contributed by atoms with van der Waals surface area (Å²) in [6, 6.07) is 0. The minimum atomic E-state index is 0.0765. The molecule has 0 bridgehead atoms. The van der Waals surface area contributed by atoms with Crippen LogP contribution in [0.5, 0.6) is 0 Å². The van der Waals surface area contributed by atoms with Gasteiger partial charge in [-0.25, -0.2) is 0 Å². The van der Waals surface area contributed by atoms with Crippen molar-refractivity contribution in [3.05, 3.63) is 0 Å². The van der Waals surface area contributed by atoms with Crippen LogP contribution < -0.4 is 11.1 Å². The lowest BCUT2D eigenvalue weighted by molar-refractivity contribution is -0.0159. The summed E-state index contributed by atoms with van der Waals surface area (Å²) in [6.45, 7) is 6.39. The smallest absolute Gasteiger partial charge is 0.0565 e. The fourth-order valence-corrected chi connectivity index (χ4v) is 2.10. The first-order chi connectivity index (χ1) is 7.22. The van der Waals surface area contributed by atoms with Crippen LogP contribution in [-0.2, 0) is 4.74 Å². The van der Waals surface area contributed by atoms with Gasteiger partial charge < -0.3 is 15.8 Å². The first kappa shape index (κ1) is 12.5. The van der Waals surface area contributed by atoms with E-state index in [1.165, 1.54) is 0 Å². The lowest BCUT2D eigenvalue weighted by Gasteiger charge is -2.40. The van der Waals surface area contributed by atoms with E-state index >= 15 is 0 Å². The van der Waals surface area contributed by atoms with Gasteiger partial charge in [0.2, 0.25) is 0 Å². The fourth-order valence-electron chi connectivity index (χ4n) is 2.10. The largest absolute Gasteiger partial charge is 0.378 e. The maximum atomic E-state index is 5.86. The molecule has 0 radical (unpaired) electrons. The summed E-state index contributed by atoms with van der Waals surface area (Å²) in [5.74, 6) is 5.95. The van der Waals surface area contributed by atoms with Crippen LogP contribution in [0.1, 0.15) is 33.1 Å². The van der Waals surface area contributed by atoms with Crippen molar-refractivity contribution in [2.75, 3.05) is 19.7 Å². The van der Waals surface area contributed by atoms with Crippen molar-refractivity contribution in [3.63, 3.8) is 0 Å². The Morgan fingerprint density at radius 2 is 2.40 bits per heavy atom. The van der Waals surface area contributed by atoms with Gasteiger partial charge in [-0.2, -0.15) is 0 Å². The van der Waals surface area contributed by atoms with Crippen LogP contribution in [0, 0.1) is 11.8 Å². The third kappa shape index (κ3) is 3.83. The molecule has 0 saturated carbocycles. The van der Waals surface area contributed by atoms with E-state index < -0.39 is 0 Å². The molecular formula is C12H22N2O. The van der Waals surface area contributed by atoms with Crippen LogP contribution in [0.2, 0.25) is 0 Å². The molecule has 0 aliphatic carbocycles. The summed E-state index contributed by atoms with van der Waals surface area (Å²) in [7, 11) is 0. The Hall–Kier alpha value is -0.560. The zero-order valence-corrected chi connectivity index (χ0v) is 9.81. The highest BCUT2D eigenvalue weighted by molar-refractivity contribution is 4.98. The van der Waals surface area contributed by atoms with Gasteiger partial charge in [-0.1, -0.05) is 0 Å². The second kappa shape index (κ2) is 6.12. The molecule has 3 N–H and O–H groups in total. The third-order valence-electron chi connectivity index (χ3n) is 2.98. The standard InChI is InChI=1S/C12H22N2O/c1-3-4-5-7-14-12(10-13)6-8-15-11(2)9-12/h11,14H,5-10,13H2,1-2H3. The number of rotatable bonds is 4. The van der Waals surface area contributed by atoms with Crippen molar-refractivity contribution in [1.82, 2.24) is 5.32 Å². The Balaban J connectivity index is 2.40. The summed E-state index contributed by atoms with van der Waals surface area (Å²) in [5, 5.41) is 3.54. The Kier molecular flexibility index (Phi) is 5.10. The van der Waals surface area contributed by atoms with E-state index in [-0.39, 0.29) is 5.54 Å². The van der Waals surface area contributed by atoms with Crippen molar-refractivity contribution >= 4 is 0 Å². The minimum Gasteiger partial charge on any atom is -0.378 e. The number of nitrogens with two attached hydrogens (primary N) is 1.